The van der Waals surface area contributed by atoms with Crippen LogP contribution in [0.5, 0.6) is 0 Å². The maximum Gasteiger partial charge on any atom is 0.252 e. The SMILES string of the molecule is CC(C)n1ncc2c(C(=O)NC(C)(CN)C(C)C)cc(-c3cccs3)nc21. The highest BCUT2D eigenvalue weighted by atomic mass is 32.1. The van der Waals surface area contributed by atoms with Crippen molar-refractivity contribution in [3.8, 4) is 10.6 Å². The average Bonchev–Trinajstić information content (AvgIpc) is 3.29. The summed E-state index contributed by atoms with van der Waals surface area (Å²) in [6, 6.07) is 5.99. The summed E-state index contributed by atoms with van der Waals surface area (Å²) in [6.45, 7) is 10.6. The summed E-state index contributed by atoms with van der Waals surface area (Å²) in [7, 11) is 0. The zero-order valence-electron chi connectivity index (χ0n) is 16.5. The molecule has 0 saturated carbocycles. The first-order valence-corrected chi connectivity index (χ1v) is 10.1. The number of rotatable bonds is 6. The van der Waals surface area contributed by atoms with E-state index in [1.54, 1.807) is 17.5 Å². The summed E-state index contributed by atoms with van der Waals surface area (Å²) >= 11 is 1.60. The lowest BCUT2D eigenvalue weighted by molar-refractivity contribution is 0.0885. The highest BCUT2D eigenvalue weighted by molar-refractivity contribution is 7.13. The van der Waals surface area contributed by atoms with Crippen LogP contribution >= 0.6 is 11.3 Å². The summed E-state index contributed by atoms with van der Waals surface area (Å²) < 4.78 is 1.85. The fourth-order valence-electron chi connectivity index (χ4n) is 2.89. The third-order valence-corrected chi connectivity index (χ3v) is 6.06. The number of nitrogens with two attached hydrogens (primary N) is 1. The number of amides is 1. The molecule has 3 N–H and O–H groups in total. The smallest absolute Gasteiger partial charge is 0.252 e. The number of aromatic nitrogens is 3. The molecule has 7 heteroatoms. The van der Waals surface area contributed by atoms with E-state index < -0.39 is 5.54 Å². The third-order valence-electron chi connectivity index (χ3n) is 5.17. The highest BCUT2D eigenvalue weighted by Gasteiger charge is 2.30. The number of nitrogens with zero attached hydrogens (tertiary/aromatic N) is 3. The molecule has 27 heavy (non-hydrogen) atoms. The molecule has 0 aliphatic carbocycles. The van der Waals surface area contributed by atoms with Gasteiger partial charge in [0.2, 0.25) is 0 Å². The molecule has 1 unspecified atom stereocenters. The molecule has 3 heterocycles. The van der Waals surface area contributed by atoms with Crippen LogP contribution in [0.4, 0.5) is 0 Å². The van der Waals surface area contributed by atoms with Crippen molar-refractivity contribution in [3.63, 3.8) is 0 Å². The Morgan fingerprint density at radius 2 is 2.11 bits per heavy atom. The average molecular weight is 386 g/mol. The third kappa shape index (κ3) is 3.61. The molecule has 1 atom stereocenters. The van der Waals surface area contributed by atoms with E-state index in [1.165, 1.54) is 0 Å². The van der Waals surface area contributed by atoms with Gasteiger partial charge in [-0.3, -0.25) is 4.79 Å². The molecule has 6 nitrogen and oxygen atoms in total. The Hall–Kier alpha value is -2.25. The molecule has 0 saturated heterocycles. The van der Waals surface area contributed by atoms with Crippen molar-refractivity contribution in [2.75, 3.05) is 6.54 Å². The van der Waals surface area contributed by atoms with Crippen molar-refractivity contribution in [2.45, 2.75) is 46.2 Å². The van der Waals surface area contributed by atoms with Crippen LogP contribution in [0.2, 0.25) is 0 Å². The van der Waals surface area contributed by atoms with Gasteiger partial charge in [-0.15, -0.1) is 11.3 Å². The first kappa shape index (κ1) is 19.5. The number of hydrogen-bond acceptors (Lipinski definition) is 5. The number of thiophene rings is 1. The van der Waals surface area contributed by atoms with E-state index in [9.17, 15) is 4.79 Å². The Labute approximate surface area is 163 Å². The van der Waals surface area contributed by atoms with E-state index in [1.807, 2.05) is 35.2 Å². The highest BCUT2D eigenvalue weighted by Crippen LogP contribution is 2.29. The summed E-state index contributed by atoms with van der Waals surface area (Å²) in [5.41, 5.74) is 7.56. The summed E-state index contributed by atoms with van der Waals surface area (Å²) in [6.07, 6.45) is 1.73. The second-order valence-corrected chi connectivity index (χ2v) is 8.63. The minimum absolute atomic E-state index is 0.148. The number of pyridine rings is 1. The minimum atomic E-state index is -0.482. The number of hydrogen-bond donors (Lipinski definition) is 2. The van der Waals surface area contributed by atoms with Crippen LogP contribution in [0.1, 0.15) is 51.0 Å². The largest absolute Gasteiger partial charge is 0.345 e. The summed E-state index contributed by atoms with van der Waals surface area (Å²) in [5.74, 6) is 0.0593. The first-order valence-electron chi connectivity index (χ1n) is 9.21. The van der Waals surface area contributed by atoms with Crippen molar-refractivity contribution >= 4 is 28.3 Å². The van der Waals surface area contributed by atoms with Crippen LogP contribution in [0.3, 0.4) is 0 Å². The molecule has 3 aromatic heterocycles. The molecule has 0 radical (unpaired) electrons. The van der Waals surface area contributed by atoms with Gasteiger partial charge in [0.25, 0.3) is 5.91 Å². The Morgan fingerprint density at radius 1 is 1.37 bits per heavy atom. The van der Waals surface area contributed by atoms with Crippen LogP contribution in [-0.2, 0) is 0 Å². The van der Waals surface area contributed by atoms with E-state index in [0.29, 0.717) is 12.1 Å². The fourth-order valence-corrected chi connectivity index (χ4v) is 3.58. The van der Waals surface area contributed by atoms with Crippen LogP contribution in [-0.4, -0.2) is 32.8 Å². The van der Waals surface area contributed by atoms with Crippen molar-refractivity contribution in [2.24, 2.45) is 11.7 Å². The van der Waals surface area contributed by atoms with Crippen LogP contribution in [0.15, 0.2) is 29.8 Å². The molecular weight excluding hydrogens is 358 g/mol. The van der Waals surface area contributed by atoms with Gasteiger partial charge in [-0.05, 0) is 44.2 Å². The zero-order valence-corrected chi connectivity index (χ0v) is 17.3. The molecule has 3 aromatic rings. The Kier molecular flexibility index (Phi) is 5.35. The van der Waals surface area contributed by atoms with Crippen molar-refractivity contribution in [3.05, 3.63) is 35.3 Å². The van der Waals surface area contributed by atoms with Gasteiger partial charge in [-0.2, -0.15) is 5.10 Å². The molecule has 0 fully saturated rings. The van der Waals surface area contributed by atoms with E-state index in [-0.39, 0.29) is 17.9 Å². The summed E-state index contributed by atoms with van der Waals surface area (Å²) in [4.78, 5) is 19.0. The Morgan fingerprint density at radius 3 is 2.67 bits per heavy atom. The molecule has 1 amide bonds. The maximum absolute atomic E-state index is 13.2. The predicted molar refractivity (Wildman–Crippen MR) is 111 cm³/mol. The first-order chi connectivity index (χ1) is 12.8. The Bertz CT molecular complexity index is 945. The summed E-state index contributed by atoms with van der Waals surface area (Å²) in [5, 5.41) is 10.4. The fraction of sp³-hybridized carbons (Fsp3) is 0.450. The maximum atomic E-state index is 13.2. The van der Waals surface area contributed by atoms with Gasteiger partial charge < -0.3 is 11.1 Å². The van der Waals surface area contributed by atoms with Gasteiger partial charge in [0.1, 0.15) is 0 Å². The van der Waals surface area contributed by atoms with Gasteiger partial charge in [0.05, 0.1) is 33.3 Å². The van der Waals surface area contributed by atoms with Gasteiger partial charge in [-0.1, -0.05) is 19.9 Å². The molecular formula is C20H27N5OS. The number of carbonyl (C=O) groups is 1. The second-order valence-electron chi connectivity index (χ2n) is 7.68. The molecule has 0 spiro atoms. The monoisotopic (exact) mass is 385 g/mol. The van der Waals surface area contributed by atoms with Crippen LogP contribution in [0.25, 0.3) is 21.6 Å². The van der Waals surface area contributed by atoms with Crippen molar-refractivity contribution in [1.82, 2.24) is 20.1 Å². The van der Waals surface area contributed by atoms with Gasteiger partial charge in [0.15, 0.2) is 5.65 Å². The normalized spacial score (nSPS) is 14.1. The lowest BCUT2D eigenvalue weighted by atomic mass is 9.88. The molecule has 0 aliphatic rings. The lowest BCUT2D eigenvalue weighted by Crippen LogP contribution is -2.55. The molecule has 0 bridgehead atoms. The van der Waals surface area contributed by atoms with Gasteiger partial charge in [0, 0.05) is 12.6 Å². The zero-order chi connectivity index (χ0) is 19.8. The van der Waals surface area contributed by atoms with E-state index >= 15 is 0 Å². The molecule has 144 valence electrons. The lowest BCUT2D eigenvalue weighted by Gasteiger charge is -2.33. The molecule has 3 rings (SSSR count). The van der Waals surface area contributed by atoms with Crippen molar-refractivity contribution in [1.29, 1.82) is 0 Å². The van der Waals surface area contributed by atoms with Crippen LogP contribution < -0.4 is 11.1 Å². The predicted octanol–water partition coefficient (Wildman–Crippen LogP) is 3.84. The van der Waals surface area contributed by atoms with Gasteiger partial charge >= 0.3 is 0 Å². The minimum Gasteiger partial charge on any atom is -0.345 e. The van der Waals surface area contributed by atoms with E-state index in [4.69, 9.17) is 10.7 Å². The van der Waals surface area contributed by atoms with E-state index in [0.717, 1.165) is 21.6 Å². The number of fused-ring (bicyclic) bond motifs is 1. The van der Waals surface area contributed by atoms with Crippen molar-refractivity contribution < 1.29 is 4.79 Å². The number of nitrogens with one attached hydrogen (secondary N) is 1. The quantitative estimate of drug-likeness (QED) is 0.675. The molecule has 0 aliphatic heterocycles. The molecule has 0 aromatic carbocycles. The van der Waals surface area contributed by atoms with E-state index in [2.05, 4.69) is 38.1 Å². The number of carbonyl (C=O) groups excluding carboxylic acids is 1. The topological polar surface area (TPSA) is 85.8 Å². The van der Waals surface area contributed by atoms with Crippen LogP contribution in [0, 0.1) is 5.92 Å². The van der Waals surface area contributed by atoms with Gasteiger partial charge in [-0.25, -0.2) is 9.67 Å². The standard InChI is InChI=1S/C20H27N5OS/c1-12(2)20(5,11-21)24-19(26)14-9-16(17-7-6-8-27-17)23-18-15(14)10-22-25(18)13(3)4/h6-10,12-13H,11,21H2,1-5H3,(H,24,26). The second kappa shape index (κ2) is 7.40. The Balaban J connectivity index is 2.15.